The zero-order valence-corrected chi connectivity index (χ0v) is 24.6. The van der Waals surface area contributed by atoms with Gasteiger partial charge in [-0.25, -0.2) is 45.1 Å². The van der Waals surface area contributed by atoms with Crippen LogP contribution in [-0.4, -0.2) is 24.9 Å². The van der Waals surface area contributed by atoms with Crippen LogP contribution in [0.5, 0.6) is 0 Å². The summed E-state index contributed by atoms with van der Waals surface area (Å²) in [4.78, 5) is 29.9. The number of hydrogen-bond acceptors (Lipinski definition) is 5. The molecule has 0 saturated heterocycles. The summed E-state index contributed by atoms with van der Waals surface area (Å²) in [5.41, 5.74) is -3.09. The Kier molecular flexibility index (Phi) is 6.64. The van der Waals surface area contributed by atoms with Gasteiger partial charge in [0.1, 0.15) is 23.3 Å². The van der Waals surface area contributed by atoms with E-state index in [1.807, 2.05) is 0 Å². The molecule has 4 aromatic carbocycles. The van der Waals surface area contributed by atoms with Crippen molar-refractivity contribution in [1.29, 1.82) is 0 Å². The Morgan fingerprint density at radius 3 is 1.22 bits per heavy atom. The van der Waals surface area contributed by atoms with Gasteiger partial charge in [0.2, 0.25) is 0 Å². The Bertz CT molecular complexity index is 2430. The molecule has 243 valence electrons. The predicted molar refractivity (Wildman–Crippen MR) is 156 cm³/mol. The van der Waals surface area contributed by atoms with Gasteiger partial charge in [0.05, 0.1) is 34.3 Å². The number of aromatic nitrogens is 7. The number of rotatable bonds is 0. The van der Waals surface area contributed by atoms with E-state index in [4.69, 9.17) is 0 Å². The molecule has 0 amide bonds. The summed E-state index contributed by atoms with van der Waals surface area (Å²) < 4.78 is 119. The third-order valence-electron chi connectivity index (χ3n) is 8.04. The second kappa shape index (κ2) is 10.6. The summed E-state index contributed by atoms with van der Waals surface area (Å²) >= 11 is 0. The summed E-state index contributed by atoms with van der Waals surface area (Å²) in [5, 5.41) is -0.397. The fourth-order valence-electron chi connectivity index (χ4n) is 5.91. The van der Waals surface area contributed by atoms with E-state index < -0.39 is 80.7 Å². The molecule has 2 aliphatic heterocycles. The molecular formula is C33H9CuF8N7. The van der Waals surface area contributed by atoms with Crippen molar-refractivity contribution in [3.05, 3.63) is 101 Å². The van der Waals surface area contributed by atoms with E-state index >= 15 is 17.6 Å². The molecule has 9 rings (SSSR count). The van der Waals surface area contributed by atoms with E-state index in [1.54, 1.807) is 0 Å². The van der Waals surface area contributed by atoms with Gasteiger partial charge in [0.15, 0.2) is 23.3 Å². The van der Waals surface area contributed by atoms with E-state index in [-0.39, 0.29) is 72.3 Å². The number of nitrogens with zero attached hydrogens (tertiary/aromatic N) is 7. The van der Waals surface area contributed by atoms with Gasteiger partial charge in [-0.2, -0.15) is 0 Å². The zero-order valence-electron chi connectivity index (χ0n) is 23.7. The summed E-state index contributed by atoms with van der Waals surface area (Å²) in [6.07, 6.45) is 0. The van der Waals surface area contributed by atoms with Crippen LogP contribution in [0.15, 0.2) is 54.6 Å². The van der Waals surface area contributed by atoms with Crippen molar-refractivity contribution in [3.63, 3.8) is 0 Å². The predicted octanol–water partition coefficient (Wildman–Crippen LogP) is 7.84. The van der Waals surface area contributed by atoms with Crippen molar-refractivity contribution < 1.29 is 52.2 Å². The Labute approximate surface area is 277 Å². The molecule has 0 aliphatic carbocycles. The van der Waals surface area contributed by atoms with Crippen molar-refractivity contribution in [3.8, 4) is 45.4 Å². The molecule has 49 heavy (non-hydrogen) atoms. The molecule has 0 unspecified atom stereocenters. The standard InChI is InChI=1S/C33H9F8N7.Cu/c34-14-1-2-15(35)25-24(14)23-9-22-10-5-18(38)19(39)6-11(10)28(42-22)45-32-26-16(36)3-4-17(37)27(26)33(48-32)47-30-13-8-21(41)20(40)7-12(13)29(44-30)46-31(25)43-23;/h1-9H;/q-2;+2. The van der Waals surface area contributed by atoms with Crippen molar-refractivity contribution in [2.24, 2.45) is 0 Å². The quantitative estimate of drug-likeness (QED) is 0.117. The van der Waals surface area contributed by atoms with Gasteiger partial charge in [0.25, 0.3) is 0 Å². The van der Waals surface area contributed by atoms with Crippen LogP contribution >= 0.6 is 0 Å². The first-order valence-electron chi connectivity index (χ1n) is 13.9. The minimum absolute atomic E-state index is 0. The monoisotopic (exact) mass is 718 g/mol. The average Bonchev–Trinajstić information content (AvgIpc) is 3.77. The zero-order chi connectivity index (χ0) is 33.2. The van der Waals surface area contributed by atoms with Crippen LogP contribution in [0, 0.1) is 46.5 Å². The Hall–Kier alpha value is -5.73. The van der Waals surface area contributed by atoms with Crippen LogP contribution in [-0.2, 0) is 17.1 Å². The van der Waals surface area contributed by atoms with Crippen molar-refractivity contribution in [1.82, 2.24) is 34.9 Å². The van der Waals surface area contributed by atoms with Crippen LogP contribution in [0.4, 0.5) is 35.1 Å². The van der Waals surface area contributed by atoms with E-state index in [0.29, 0.717) is 0 Å². The maximum absolute atomic E-state index is 15.3. The van der Waals surface area contributed by atoms with Gasteiger partial charge in [-0.3, -0.25) is 0 Å². The molecule has 1 radical (unpaired) electrons. The van der Waals surface area contributed by atoms with Gasteiger partial charge in [-0.05, 0) is 87.3 Å². The molecule has 8 bridgehead atoms. The fourth-order valence-corrected chi connectivity index (χ4v) is 5.91. The largest absolute Gasteiger partial charge is 2.00 e. The molecule has 7 nitrogen and oxygen atoms in total. The van der Waals surface area contributed by atoms with Crippen molar-refractivity contribution in [2.75, 3.05) is 0 Å². The minimum Gasteiger partial charge on any atom is -0.435 e. The summed E-state index contributed by atoms with van der Waals surface area (Å²) in [5.74, 6) is -10.3. The third kappa shape index (κ3) is 4.44. The average molecular weight is 719 g/mol. The molecule has 16 heteroatoms. The third-order valence-corrected chi connectivity index (χ3v) is 8.04. The number of benzene rings is 4. The number of hydrogen-bond donors (Lipinski definition) is 0. The first-order valence-corrected chi connectivity index (χ1v) is 13.9. The van der Waals surface area contributed by atoms with Crippen LogP contribution in [0.3, 0.4) is 0 Å². The smallest absolute Gasteiger partial charge is 0.435 e. The molecule has 5 heterocycles. The van der Waals surface area contributed by atoms with E-state index in [9.17, 15) is 17.6 Å². The molecule has 0 saturated carbocycles. The summed E-state index contributed by atoms with van der Waals surface area (Å²) in [7, 11) is 0. The van der Waals surface area contributed by atoms with E-state index in [0.717, 1.165) is 54.6 Å². The summed E-state index contributed by atoms with van der Waals surface area (Å²) in [6.45, 7) is 0. The van der Waals surface area contributed by atoms with Crippen LogP contribution in [0.2, 0.25) is 0 Å². The maximum atomic E-state index is 15.3. The first kappa shape index (κ1) is 30.6. The fraction of sp³-hybridized carbons (Fsp3) is 0. The number of fused-ring (bicyclic) bond motifs is 20. The van der Waals surface area contributed by atoms with Crippen molar-refractivity contribution >= 4 is 44.0 Å². The topological polar surface area (TPSA) is 92.7 Å². The first-order chi connectivity index (χ1) is 23.0. The van der Waals surface area contributed by atoms with Crippen LogP contribution in [0.1, 0.15) is 0 Å². The second-order valence-corrected chi connectivity index (χ2v) is 10.8. The molecule has 3 aromatic heterocycles. The SMILES string of the molecule is Fc1cc2c3cc4nc(nc5[n-]c(nc6nc(nc([n-]3)c2cc1F)-c1c(F)ccc(F)c1-6)c1cc(F)c(F)cc51)-c1c(F)ccc(F)c1-4.[Cu+2]. The van der Waals surface area contributed by atoms with Crippen LogP contribution < -0.4 is 9.97 Å². The molecular weight excluding hydrogens is 710 g/mol. The van der Waals surface area contributed by atoms with Crippen molar-refractivity contribution in [2.45, 2.75) is 0 Å². The summed E-state index contributed by atoms with van der Waals surface area (Å²) in [6, 6.07) is 7.56. The minimum atomic E-state index is -1.30. The van der Waals surface area contributed by atoms with E-state index in [2.05, 4.69) is 34.9 Å². The van der Waals surface area contributed by atoms with E-state index in [1.165, 1.54) is 0 Å². The molecule has 0 N–H and O–H groups in total. The molecule has 2 aliphatic rings. The molecule has 0 spiro atoms. The Morgan fingerprint density at radius 2 is 0.735 bits per heavy atom. The van der Waals surface area contributed by atoms with Crippen LogP contribution in [0.25, 0.3) is 89.4 Å². The molecule has 0 atom stereocenters. The number of halogens is 8. The normalized spacial score (nSPS) is 11.9. The van der Waals surface area contributed by atoms with Gasteiger partial charge in [0, 0.05) is 22.4 Å². The van der Waals surface area contributed by atoms with Gasteiger partial charge in [-0.15, -0.1) is 0 Å². The van der Waals surface area contributed by atoms with Gasteiger partial charge in [-0.1, -0.05) is 0 Å². The maximum Gasteiger partial charge on any atom is 2.00 e. The second-order valence-electron chi connectivity index (χ2n) is 10.8. The molecule has 7 aromatic rings. The Morgan fingerprint density at radius 1 is 0.367 bits per heavy atom. The molecule has 0 fully saturated rings. The Balaban J connectivity index is 0.00000348. The van der Waals surface area contributed by atoms with Gasteiger partial charge >= 0.3 is 17.1 Å². The van der Waals surface area contributed by atoms with Gasteiger partial charge < -0.3 is 24.9 Å².